The van der Waals surface area contributed by atoms with Gasteiger partial charge in [-0.15, -0.1) is 0 Å². The van der Waals surface area contributed by atoms with Crippen molar-refractivity contribution in [3.05, 3.63) is 64.7 Å². The third kappa shape index (κ3) is 4.01. The second kappa shape index (κ2) is 7.70. The Morgan fingerprint density at radius 3 is 2.88 bits per heavy atom. The van der Waals surface area contributed by atoms with E-state index in [0.717, 1.165) is 11.1 Å². The number of carbonyl (C=O) groups excluding carboxylic acids is 2. The Kier molecular flexibility index (Phi) is 5.18. The Morgan fingerprint density at radius 2 is 2.12 bits per heavy atom. The molecule has 2 aromatic carbocycles. The van der Waals surface area contributed by atoms with Gasteiger partial charge in [-0.3, -0.25) is 9.59 Å². The summed E-state index contributed by atoms with van der Waals surface area (Å²) < 4.78 is 5.80. The van der Waals surface area contributed by atoms with Crippen LogP contribution in [-0.4, -0.2) is 29.8 Å². The number of benzene rings is 2. The molecule has 1 aliphatic rings. The predicted octanol–water partition coefficient (Wildman–Crippen LogP) is 2.01. The summed E-state index contributed by atoms with van der Waals surface area (Å²) in [6, 6.07) is 14.8. The van der Waals surface area contributed by atoms with Gasteiger partial charge in [-0.25, -0.2) is 0 Å². The third-order valence-corrected chi connectivity index (χ3v) is 4.34. The summed E-state index contributed by atoms with van der Waals surface area (Å²) in [6.45, 7) is 1.26. The van der Waals surface area contributed by atoms with Crippen molar-refractivity contribution in [1.82, 2.24) is 4.90 Å². The molecule has 0 aromatic heterocycles. The average Bonchev–Trinajstić information content (AvgIpc) is 2.66. The monoisotopic (exact) mass is 349 g/mol. The van der Waals surface area contributed by atoms with Crippen LogP contribution < -0.4 is 10.5 Å². The van der Waals surface area contributed by atoms with Gasteiger partial charge in [-0.2, -0.15) is 5.26 Å². The van der Waals surface area contributed by atoms with E-state index < -0.39 is 5.91 Å². The number of rotatable bonds is 6. The zero-order valence-electron chi connectivity index (χ0n) is 14.3. The predicted molar refractivity (Wildman–Crippen MR) is 95.3 cm³/mol. The average molecular weight is 349 g/mol. The number of amides is 2. The highest BCUT2D eigenvalue weighted by Crippen LogP contribution is 2.24. The van der Waals surface area contributed by atoms with Crippen LogP contribution in [0.15, 0.2) is 42.5 Å². The summed E-state index contributed by atoms with van der Waals surface area (Å²) in [5.41, 5.74) is 8.24. The summed E-state index contributed by atoms with van der Waals surface area (Å²) in [4.78, 5) is 25.1. The van der Waals surface area contributed by atoms with E-state index in [0.29, 0.717) is 43.0 Å². The van der Waals surface area contributed by atoms with E-state index in [1.165, 1.54) is 0 Å². The number of carbonyl (C=O) groups is 2. The lowest BCUT2D eigenvalue weighted by atomic mass is 9.98. The molecule has 2 N–H and O–H groups in total. The molecule has 6 heteroatoms. The minimum atomic E-state index is -0.409. The highest BCUT2D eigenvalue weighted by molar-refractivity contribution is 5.97. The summed E-state index contributed by atoms with van der Waals surface area (Å²) in [5.74, 6) is 0.193. The van der Waals surface area contributed by atoms with Crippen molar-refractivity contribution >= 4 is 11.8 Å². The first-order valence-corrected chi connectivity index (χ1v) is 8.39. The number of ether oxygens (including phenoxy) is 1. The highest BCUT2D eigenvalue weighted by atomic mass is 16.5. The largest absolute Gasteiger partial charge is 0.489 e. The fraction of sp³-hybridized carbons (Fsp3) is 0.250. The summed E-state index contributed by atoms with van der Waals surface area (Å²) >= 11 is 0. The summed E-state index contributed by atoms with van der Waals surface area (Å²) in [5, 5.41) is 8.94. The number of hydrogen-bond donors (Lipinski definition) is 1. The molecule has 132 valence electrons. The lowest BCUT2D eigenvalue weighted by Crippen LogP contribution is -2.39. The molecule has 1 aliphatic heterocycles. The number of primary amides is 1. The number of hydrogen-bond acceptors (Lipinski definition) is 4. The van der Waals surface area contributed by atoms with Crippen LogP contribution in [0.1, 0.15) is 33.5 Å². The zero-order valence-corrected chi connectivity index (χ0v) is 14.3. The molecule has 1 heterocycles. The molecular weight excluding hydrogens is 330 g/mol. The zero-order chi connectivity index (χ0) is 18.5. The molecule has 0 atom stereocenters. The molecule has 0 aliphatic carbocycles. The minimum Gasteiger partial charge on any atom is -0.489 e. The molecule has 2 amide bonds. The second-order valence-corrected chi connectivity index (χ2v) is 6.18. The van der Waals surface area contributed by atoms with Crippen LogP contribution in [0.2, 0.25) is 0 Å². The van der Waals surface area contributed by atoms with E-state index in [2.05, 4.69) is 6.07 Å². The standard InChI is InChI=1S/C20H19N3O3/c21-12-14-2-1-3-15(10-14)13-26-17-4-5-18-16(11-17)6-8-23(20(18)25)9-7-19(22)24/h1-5,10-11H,6-9,13H2,(H2,22,24). The molecule has 3 rings (SSSR count). The lowest BCUT2D eigenvalue weighted by Gasteiger charge is -2.28. The van der Waals surface area contributed by atoms with E-state index >= 15 is 0 Å². The number of fused-ring (bicyclic) bond motifs is 1. The van der Waals surface area contributed by atoms with Gasteiger partial charge in [0.25, 0.3) is 5.91 Å². The molecule has 0 unspecified atom stereocenters. The Morgan fingerprint density at radius 1 is 1.27 bits per heavy atom. The second-order valence-electron chi connectivity index (χ2n) is 6.18. The van der Waals surface area contributed by atoms with Crippen LogP contribution in [0.3, 0.4) is 0 Å². The van der Waals surface area contributed by atoms with Gasteiger partial charge >= 0.3 is 0 Å². The van der Waals surface area contributed by atoms with E-state index in [1.807, 2.05) is 18.2 Å². The van der Waals surface area contributed by atoms with Crippen molar-refractivity contribution in [2.75, 3.05) is 13.1 Å². The normalized spacial score (nSPS) is 13.0. The third-order valence-electron chi connectivity index (χ3n) is 4.34. The van der Waals surface area contributed by atoms with Gasteiger partial charge in [-0.1, -0.05) is 12.1 Å². The lowest BCUT2D eigenvalue weighted by molar-refractivity contribution is -0.118. The smallest absolute Gasteiger partial charge is 0.254 e. The van der Waals surface area contributed by atoms with Crippen molar-refractivity contribution in [1.29, 1.82) is 5.26 Å². The fourth-order valence-corrected chi connectivity index (χ4v) is 2.96. The van der Waals surface area contributed by atoms with Crippen LogP contribution in [0.25, 0.3) is 0 Å². The van der Waals surface area contributed by atoms with E-state index in [-0.39, 0.29) is 12.3 Å². The fourth-order valence-electron chi connectivity index (χ4n) is 2.96. The summed E-state index contributed by atoms with van der Waals surface area (Å²) in [6.07, 6.45) is 0.880. The maximum Gasteiger partial charge on any atom is 0.254 e. The molecule has 0 spiro atoms. The Balaban J connectivity index is 1.67. The van der Waals surface area contributed by atoms with Crippen LogP contribution in [-0.2, 0) is 17.8 Å². The topological polar surface area (TPSA) is 96.4 Å². The maximum atomic E-state index is 12.5. The first-order valence-electron chi connectivity index (χ1n) is 8.39. The molecule has 2 aromatic rings. The van der Waals surface area contributed by atoms with Crippen molar-refractivity contribution in [2.24, 2.45) is 5.73 Å². The Bertz CT molecular complexity index is 886. The van der Waals surface area contributed by atoms with E-state index in [4.69, 9.17) is 15.7 Å². The van der Waals surface area contributed by atoms with Crippen molar-refractivity contribution in [2.45, 2.75) is 19.4 Å². The van der Waals surface area contributed by atoms with Gasteiger partial charge in [0.05, 0.1) is 11.6 Å². The van der Waals surface area contributed by atoms with Gasteiger partial charge in [0.2, 0.25) is 5.91 Å². The number of nitrogens with zero attached hydrogens (tertiary/aromatic N) is 2. The van der Waals surface area contributed by atoms with Crippen LogP contribution in [0.5, 0.6) is 5.75 Å². The van der Waals surface area contributed by atoms with Gasteiger partial charge in [-0.05, 0) is 47.9 Å². The Hall–Kier alpha value is -3.33. The molecule has 0 saturated carbocycles. The van der Waals surface area contributed by atoms with Crippen molar-refractivity contribution in [3.8, 4) is 11.8 Å². The van der Waals surface area contributed by atoms with Crippen LogP contribution >= 0.6 is 0 Å². The number of nitriles is 1. The van der Waals surface area contributed by atoms with Gasteiger partial charge < -0.3 is 15.4 Å². The van der Waals surface area contributed by atoms with Gasteiger partial charge in [0.1, 0.15) is 12.4 Å². The summed E-state index contributed by atoms with van der Waals surface area (Å²) in [7, 11) is 0. The van der Waals surface area contributed by atoms with Crippen molar-refractivity contribution in [3.63, 3.8) is 0 Å². The van der Waals surface area contributed by atoms with Gasteiger partial charge in [0.15, 0.2) is 0 Å². The van der Waals surface area contributed by atoms with E-state index in [9.17, 15) is 9.59 Å². The van der Waals surface area contributed by atoms with Gasteiger partial charge in [0, 0.05) is 25.1 Å². The molecule has 26 heavy (non-hydrogen) atoms. The quantitative estimate of drug-likeness (QED) is 0.863. The Labute approximate surface area is 151 Å². The molecule has 0 bridgehead atoms. The maximum absolute atomic E-state index is 12.5. The first-order chi connectivity index (χ1) is 12.6. The molecule has 6 nitrogen and oxygen atoms in total. The first kappa shape index (κ1) is 17.5. The minimum absolute atomic E-state index is 0.0826. The van der Waals surface area contributed by atoms with Crippen LogP contribution in [0, 0.1) is 11.3 Å². The van der Waals surface area contributed by atoms with E-state index in [1.54, 1.807) is 29.2 Å². The van der Waals surface area contributed by atoms with Crippen molar-refractivity contribution < 1.29 is 14.3 Å². The molecule has 0 saturated heterocycles. The molecule has 0 radical (unpaired) electrons. The number of nitrogens with two attached hydrogens (primary N) is 1. The molecule has 0 fully saturated rings. The SMILES string of the molecule is N#Cc1cccc(COc2ccc3c(c2)CCN(CCC(N)=O)C3=O)c1. The van der Waals surface area contributed by atoms with Crippen LogP contribution in [0.4, 0.5) is 0 Å². The molecular formula is C20H19N3O3. The highest BCUT2D eigenvalue weighted by Gasteiger charge is 2.24.